The summed E-state index contributed by atoms with van der Waals surface area (Å²) < 4.78 is 6.16. The average molecular weight is 552 g/mol. The van der Waals surface area contributed by atoms with Crippen molar-refractivity contribution in [3.05, 3.63) is 80.9 Å². The number of nitriles is 1. The number of fused-ring (bicyclic) bond motifs is 1. The zero-order valence-electron chi connectivity index (χ0n) is 20.8. The van der Waals surface area contributed by atoms with Crippen LogP contribution in [0.4, 0.5) is 11.5 Å². The molecule has 1 fully saturated rings. The van der Waals surface area contributed by atoms with E-state index in [1.54, 1.807) is 18.2 Å². The number of β-amino-alcohol motifs (C(OH)–C–C–N with tert-alkyl or cyclic N) is 1. The van der Waals surface area contributed by atoms with Crippen molar-refractivity contribution in [1.29, 1.82) is 5.26 Å². The highest BCUT2D eigenvalue weighted by atomic mass is 35.5. The van der Waals surface area contributed by atoms with Crippen LogP contribution in [0.5, 0.6) is 11.6 Å². The summed E-state index contributed by atoms with van der Waals surface area (Å²) in [5, 5.41) is 23.1. The molecule has 4 N–H and O–H groups in total. The molecule has 2 aliphatic rings. The largest absolute Gasteiger partial charge is 0.439 e. The van der Waals surface area contributed by atoms with Crippen molar-refractivity contribution in [1.82, 2.24) is 14.9 Å². The van der Waals surface area contributed by atoms with Gasteiger partial charge in [-0.15, -0.1) is 0 Å². The van der Waals surface area contributed by atoms with E-state index in [-0.39, 0.29) is 12.4 Å². The molecule has 2 aromatic carbocycles. The van der Waals surface area contributed by atoms with E-state index in [2.05, 4.69) is 31.2 Å². The minimum absolute atomic E-state index is 0.158. The summed E-state index contributed by atoms with van der Waals surface area (Å²) in [6.07, 6.45) is 0. The van der Waals surface area contributed by atoms with Gasteiger partial charge in [0.1, 0.15) is 23.2 Å². The maximum Gasteiger partial charge on any atom is 0.224 e. The Balaban J connectivity index is 1.43. The van der Waals surface area contributed by atoms with E-state index in [4.69, 9.17) is 33.7 Å². The molecule has 1 atom stereocenters. The lowest BCUT2D eigenvalue weighted by Gasteiger charge is -2.35. The number of nitrogens with zero attached hydrogens (tertiary/aromatic N) is 5. The standard InChI is InChI=1S/C27H27Cl2N7O2/c1-16-32-23(36-9-7-35(8-10-36)11-12-37)14-24(33-16)38-17-5-6-18-22(13-17)34-27(31)19(15-30)25(18)26-20(28)3-2-4-21(26)29/h2-6,13-14,25,34,37H,7-12,31H2,1H3. The van der Waals surface area contributed by atoms with Gasteiger partial charge in [-0.3, -0.25) is 4.90 Å². The van der Waals surface area contributed by atoms with Crippen LogP contribution in [0.25, 0.3) is 0 Å². The van der Waals surface area contributed by atoms with Crippen LogP contribution in [-0.2, 0) is 0 Å². The number of hydrogen-bond acceptors (Lipinski definition) is 9. The molecule has 0 aliphatic carbocycles. The number of anilines is 2. The van der Waals surface area contributed by atoms with Crippen LogP contribution in [0.1, 0.15) is 22.9 Å². The molecule has 9 nitrogen and oxygen atoms in total. The Morgan fingerprint density at radius 3 is 2.55 bits per heavy atom. The Kier molecular flexibility index (Phi) is 7.58. The van der Waals surface area contributed by atoms with Gasteiger partial charge in [0.25, 0.3) is 0 Å². The van der Waals surface area contributed by atoms with Crippen LogP contribution < -0.4 is 20.7 Å². The van der Waals surface area contributed by atoms with Crippen LogP contribution in [0.15, 0.2) is 53.9 Å². The van der Waals surface area contributed by atoms with Crippen LogP contribution >= 0.6 is 23.2 Å². The number of halogens is 2. The smallest absolute Gasteiger partial charge is 0.224 e. The second kappa shape index (κ2) is 11.1. The van der Waals surface area contributed by atoms with Gasteiger partial charge in [-0.1, -0.05) is 35.3 Å². The third kappa shape index (κ3) is 5.22. The van der Waals surface area contributed by atoms with Gasteiger partial charge in [-0.05, 0) is 30.7 Å². The van der Waals surface area contributed by atoms with E-state index in [1.807, 2.05) is 31.2 Å². The van der Waals surface area contributed by atoms with E-state index < -0.39 is 5.92 Å². The number of piperazine rings is 1. The van der Waals surface area contributed by atoms with Gasteiger partial charge >= 0.3 is 0 Å². The Morgan fingerprint density at radius 1 is 1.13 bits per heavy atom. The topological polar surface area (TPSA) is 124 Å². The molecule has 3 aromatic rings. The molecule has 1 aromatic heterocycles. The Morgan fingerprint density at radius 2 is 1.87 bits per heavy atom. The molecule has 11 heteroatoms. The quantitative estimate of drug-likeness (QED) is 0.412. The molecule has 38 heavy (non-hydrogen) atoms. The molecule has 0 spiro atoms. The Hall–Kier alpha value is -3.55. The van der Waals surface area contributed by atoms with Gasteiger partial charge < -0.3 is 25.8 Å². The van der Waals surface area contributed by atoms with Crippen molar-refractivity contribution < 1.29 is 9.84 Å². The lowest BCUT2D eigenvalue weighted by molar-refractivity contribution is 0.188. The lowest BCUT2D eigenvalue weighted by Crippen LogP contribution is -2.47. The zero-order valence-corrected chi connectivity index (χ0v) is 22.3. The first kappa shape index (κ1) is 26.1. The highest BCUT2D eigenvalue weighted by Crippen LogP contribution is 2.46. The summed E-state index contributed by atoms with van der Waals surface area (Å²) in [5.41, 5.74) is 8.72. The molecule has 0 amide bonds. The maximum atomic E-state index is 9.88. The normalized spacial score (nSPS) is 17.6. The molecular formula is C27H27Cl2N7O2. The van der Waals surface area contributed by atoms with Gasteiger partial charge in [-0.25, -0.2) is 4.98 Å². The average Bonchev–Trinajstić information content (AvgIpc) is 2.88. The molecule has 1 unspecified atom stereocenters. The van der Waals surface area contributed by atoms with Gasteiger partial charge in [0.05, 0.1) is 24.2 Å². The number of nitrogens with one attached hydrogen (secondary N) is 1. The van der Waals surface area contributed by atoms with Crippen molar-refractivity contribution in [3.63, 3.8) is 0 Å². The zero-order chi connectivity index (χ0) is 26.8. The number of benzene rings is 2. The van der Waals surface area contributed by atoms with E-state index in [0.717, 1.165) is 37.6 Å². The third-order valence-corrected chi connectivity index (χ3v) is 7.39. The summed E-state index contributed by atoms with van der Waals surface area (Å²) >= 11 is 13.0. The van der Waals surface area contributed by atoms with Gasteiger partial charge in [0, 0.05) is 66.2 Å². The molecule has 5 rings (SSSR count). The molecule has 0 bridgehead atoms. The summed E-state index contributed by atoms with van der Waals surface area (Å²) in [7, 11) is 0. The monoisotopic (exact) mass is 551 g/mol. The number of ether oxygens (including phenoxy) is 1. The third-order valence-electron chi connectivity index (χ3n) is 6.73. The van der Waals surface area contributed by atoms with Crippen LogP contribution in [-0.4, -0.2) is 59.3 Å². The molecule has 196 valence electrons. The van der Waals surface area contributed by atoms with Crippen molar-refractivity contribution in [2.24, 2.45) is 5.73 Å². The number of rotatable bonds is 6. The number of hydrogen-bond donors (Lipinski definition) is 3. The number of aliphatic hydroxyl groups excluding tert-OH is 1. The number of aromatic nitrogens is 2. The fourth-order valence-electron chi connectivity index (χ4n) is 4.90. The molecule has 2 aliphatic heterocycles. The minimum atomic E-state index is -0.524. The number of allylic oxidation sites excluding steroid dienone is 1. The van der Waals surface area contributed by atoms with Gasteiger partial charge in [-0.2, -0.15) is 10.2 Å². The molecule has 0 radical (unpaired) electrons. The van der Waals surface area contributed by atoms with Crippen molar-refractivity contribution in [3.8, 4) is 17.7 Å². The molecular weight excluding hydrogens is 525 g/mol. The van der Waals surface area contributed by atoms with Gasteiger partial charge in [0.15, 0.2) is 0 Å². The van der Waals surface area contributed by atoms with Crippen molar-refractivity contribution in [2.45, 2.75) is 12.8 Å². The SMILES string of the molecule is Cc1nc(Oc2ccc3c(c2)NC(N)=C(C#N)C3c2c(Cl)cccc2Cl)cc(N2CCN(CCO)CC2)n1. The predicted molar refractivity (Wildman–Crippen MR) is 148 cm³/mol. The number of aliphatic hydroxyl groups is 1. The summed E-state index contributed by atoms with van der Waals surface area (Å²) in [5.74, 6) is 2.08. The second-order valence-electron chi connectivity index (χ2n) is 9.15. The van der Waals surface area contributed by atoms with Crippen LogP contribution in [0.3, 0.4) is 0 Å². The van der Waals surface area contributed by atoms with Crippen molar-refractivity contribution >= 4 is 34.7 Å². The van der Waals surface area contributed by atoms with Gasteiger partial charge in [0.2, 0.25) is 5.88 Å². The Labute approximate surface area is 231 Å². The summed E-state index contributed by atoms with van der Waals surface area (Å²) in [4.78, 5) is 13.5. The second-order valence-corrected chi connectivity index (χ2v) is 9.96. The molecule has 1 saturated heterocycles. The fourth-order valence-corrected chi connectivity index (χ4v) is 5.51. The Bertz CT molecular complexity index is 1410. The fraction of sp³-hybridized carbons (Fsp3) is 0.296. The van der Waals surface area contributed by atoms with E-state index in [1.165, 1.54) is 0 Å². The molecule has 0 saturated carbocycles. The minimum Gasteiger partial charge on any atom is -0.439 e. The summed E-state index contributed by atoms with van der Waals surface area (Å²) in [6, 6.07) is 14.8. The highest BCUT2D eigenvalue weighted by Gasteiger charge is 2.32. The first-order valence-corrected chi connectivity index (χ1v) is 13.0. The van der Waals surface area contributed by atoms with Crippen molar-refractivity contribution in [2.75, 3.05) is 49.5 Å². The predicted octanol–water partition coefficient (Wildman–Crippen LogP) is 4.25. The van der Waals surface area contributed by atoms with Crippen LogP contribution in [0.2, 0.25) is 10.0 Å². The van der Waals surface area contributed by atoms with Crippen LogP contribution in [0, 0.1) is 18.3 Å². The summed E-state index contributed by atoms with van der Waals surface area (Å²) in [6.45, 7) is 5.98. The number of aryl methyl sites for hydroxylation is 1. The van der Waals surface area contributed by atoms with E-state index in [9.17, 15) is 10.4 Å². The highest BCUT2D eigenvalue weighted by molar-refractivity contribution is 6.36. The number of nitrogens with two attached hydrogens (primary N) is 1. The van der Waals surface area contributed by atoms with E-state index >= 15 is 0 Å². The lowest BCUT2D eigenvalue weighted by atomic mass is 9.82. The van der Waals surface area contributed by atoms with E-state index in [0.29, 0.717) is 50.9 Å². The molecule has 3 heterocycles. The first-order chi connectivity index (χ1) is 18.4. The first-order valence-electron chi connectivity index (χ1n) is 12.2. The maximum absolute atomic E-state index is 9.88.